The van der Waals surface area contributed by atoms with E-state index in [1.54, 1.807) is 4.90 Å². The number of carbonyl (C=O) groups is 2. The van der Waals surface area contributed by atoms with E-state index in [9.17, 15) is 9.59 Å². The van der Waals surface area contributed by atoms with Crippen molar-refractivity contribution in [3.63, 3.8) is 0 Å². The highest BCUT2D eigenvalue weighted by atomic mass is 16.5. The molecule has 5 rings (SSSR count). The highest BCUT2D eigenvalue weighted by molar-refractivity contribution is 6.03. The summed E-state index contributed by atoms with van der Waals surface area (Å²) in [5.74, 6) is 1.34. The Kier molecular flexibility index (Phi) is 6.82. The third-order valence-electron chi connectivity index (χ3n) is 7.74. The van der Waals surface area contributed by atoms with Crippen molar-refractivity contribution in [1.29, 1.82) is 0 Å². The van der Waals surface area contributed by atoms with Gasteiger partial charge in [0, 0.05) is 24.7 Å². The Morgan fingerprint density at radius 2 is 1.81 bits per heavy atom. The molecule has 2 aliphatic rings. The van der Waals surface area contributed by atoms with E-state index in [4.69, 9.17) is 9.15 Å². The summed E-state index contributed by atoms with van der Waals surface area (Å²) >= 11 is 0. The highest BCUT2D eigenvalue weighted by Crippen LogP contribution is 2.35. The molecule has 1 fully saturated rings. The van der Waals surface area contributed by atoms with Gasteiger partial charge in [-0.3, -0.25) is 9.59 Å². The second kappa shape index (κ2) is 10.0. The van der Waals surface area contributed by atoms with Gasteiger partial charge >= 0.3 is 0 Å². The van der Waals surface area contributed by atoms with Gasteiger partial charge in [0.15, 0.2) is 5.58 Å². The van der Waals surface area contributed by atoms with Crippen LogP contribution in [0.4, 0.5) is 0 Å². The fourth-order valence-corrected chi connectivity index (χ4v) is 5.69. The van der Waals surface area contributed by atoms with Crippen LogP contribution < -0.4 is 10.1 Å². The third kappa shape index (κ3) is 4.63. The number of amides is 2. The summed E-state index contributed by atoms with van der Waals surface area (Å²) in [7, 11) is 0. The van der Waals surface area contributed by atoms with Crippen LogP contribution in [0.25, 0.3) is 11.1 Å². The number of fused-ring (bicyclic) bond motifs is 3. The number of hydrogen-bond donors (Lipinski definition) is 1. The Balaban J connectivity index is 1.48. The van der Waals surface area contributed by atoms with E-state index < -0.39 is 5.54 Å². The first-order valence-electron chi connectivity index (χ1n) is 13.3. The Morgan fingerprint density at radius 3 is 2.50 bits per heavy atom. The van der Waals surface area contributed by atoms with Gasteiger partial charge in [-0.05, 0) is 51.3 Å². The molecule has 36 heavy (non-hydrogen) atoms. The van der Waals surface area contributed by atoms with Gasteiger partial charge in [-0.2, -0.15) is 0 Å². The number of nitrogens with one attached hydrogen (secondary N) is 1. The molecule has 3 aromatic rings. The van der Waals surface area contributed by atoms with Crippen LogP contribution in [-0.2, 0) is 17.9 Å². The molecule has 192 valence electrons. The SMILES string of the molecule is CCOc1ccc(CN2C(=O)c3cc4oc(C)cc4n3C[C@@]2(C)C(=O)NC2CCCCCCC2)cc1. The van der Waals surface area contributed by atoms with E-state index in [0.717, 1.165) is 48.3 Å². The zero-order valence-electron chi connectivity index (χ0n) is 21.6. The van der Waals surface area contributed by atoms with Crippen LogP contribution in [-0.4, -0.2) is 39.5 Å². The lowest BCUT2D eigenvalue weighted by Gasteiger charge is -2.44. The van der Waals surface area contributed by atoms with E-state index in [1.165, 1.54) is 19.3 Å². The second-order valence-electron chi connectivity index (χ2n) is 10.5. The van der Waals surface area contributed by atoms with Crippen molar-refractivity contribution in [1.82, 2.24) is 14.8 Å². The largest absolute Gasteiger partial charge is 0.494 e. The lowest BCUT2D eigenvalue weighted by molar-refractivity contribution is -0.134. The maximum Gasteiger partial charge on any atom is 0.271 e. The summed E-state index contributed by atoms with van der Waals surface area (Å²) in [5, 5.41) is 3.35. The summed E-state index contributed by atoms with van der Waals surface area (Å²) in [5.41, 5.74) is 2.02. The second-order valence-corrected chi connectivity index (χ2v) is 10.5. The monoisotopic (exact) mass is 491 g/mol. The molecule has 7 heteroatoms. The number of benzene rings is 1. The van der Waals surface area contributed by atoms with Crippen LogP contribution in [0, 0.1) is 6.92 Å². The Bertz CT molecular complexity index is 1230. The van der Waals surface area contributed by atoms with E-state index in [2.05, 4.69) is 5.32 Å². The molecule has 0 spiro atoms. The van der Waals surface area contributed by atoms with Gasteiger partial charge in [-0.25, -0.2) is 0 Å². The topological polar surface area (TPSA) is 76.7 Å². The van der Waals surface area contributed by atoms with Crippen molar-refractivity contribution in [2.45, 2.75) is 90.4 Å². The van der Waals surface area contributed by atoms with Crippen LogP contribution in [0.1, 0.15) is 80.6 Å². The van der Waals surface area contributed by atoms with Crippen LogP contribution >= 0.6 is 0 Å². The lowest BCUT2D eigenvalue weighted by atomic mass is 9.91. The first kappa shape index (κ1) is 24.5. The Hall–Kier alpha value is -3.22. The van der Waals surface area contributed by atoms with Crippen molar-refractivity contribution in [3.8, 4) is 5.75 Å². The molecule has 2 aromatic heterocycles. The normalized spacial score (nSPS) is 21.2. The molecule has 7 nitrogen and oxygen atoms in total. The molecule has 0 radical (unpaired) electrons. The fourth-order valence-electron chi connectivity index (χ4n) is 5.69. The Morgan fingerprint density at radius 1 is 1.11 bits per heavy atom. The Labute approximate surface area is 212 Å². The van der Waals surface area contributed by atoms with Crippen LogP contribution in [0.5, 0.6) is 5.75 Å². The van der Waals surface area contributed by atoms with Gasteiger partial charge < -0.3 is 23.9 Å². The van der Waals surface area contributed by atoms with Gasteiger partial charge in [0.05, 0.1) is 18.7 Å². The molecular weight excluding hydrogens is 454 g/mol. The van der Waals surface area contributed by atoms with Crippen molar-refractivity contribution in [2.75, 3.05) is 6.61 Å². The van der Waals surface area contributed by atoms with Crippen molar-refractivity contribution in [3.05, 3.63) is 53.4 Å². The number of hydrogen-bond acceptors (Lipinski definition) is 4. The van der Waals surface area contributed by atoms with E-state index >= 15 is 0 Å². The number of ether oxygens (including phenoxy) is 1. The molecule has 1 N–H and O–H groups in total. The molecule has 1 atom stereocenters. The number of aryl methyl sites for hydroxylation is 1. The highest BCUT2D eigenvalue weighted by Gasteiger charge is 2.48. The summed E-state index contributed by atoms with van der Waals surface area (Å²) in [6, 6.07) is 11.7. The number of aromatic nitrogens is 1. The number of furan rings is 1. The molecule has 0 bridgehead atoms. The zero-order valence-corrected chi connectivity index (χ0v) is 21.6. The molecule has 0 saturated heterocycles. The maximum atomic E-state index is 14.0. The molecule has 1 aliphatic heterocycles. The minimum Gasteiger partial charge on any atom is -0.494 e. The molecule has 1 aliphatic carbocycles. The van der Waals surface area contributed by atoms with Crippen LogP contribution in [0.2, 0.25) is 0 Å². The first-order valence-corrected chi connectivity index (χ1v) is 13.3. The zero-order chi connectivity index (χ0) is 25.3. The molecule has 3 heterocycles. The van der Waals surface area contributed by atoms with Crippen LogP contribution in [0.15, 0.2) is 40.8 Å². The number of nitrogens with zero attached hydrogens (tertiary/aromatic N) is 2. The summed E-state index contributed by atoms with van der Waals surface area (Å²) in [4.78, 5) is 29.6. The lowest BCUT2D eigenvalue weighted by Crippen LogP contribution is -2.64. The quantitative estimate of drug-likeness (QED) is 0.488. The van der Waals surface area contributed by atoms with Crippen molar-refractivity contribution < 1.29 is 18.7 Å². The predicted molar refractivity (Wildman–Crippen MR) is 139 cm³/mol. The maximum absolute atomic E-state index is 14.0. The standard InChI is InChI=1S/C29H37N3O4/c1-4-35-23-14-12-21(13-15-23)18-32-27(33)25-17-26-24(16-20(2)36-26)31(25)19-29(32,3)28(34)30-22-10-8-6-5-7-9-11-22/h12-17,22H,4-11,18-19H2,1-3H3,(H,30,34)/t29-/m0/s1. The van der Waals surface area contributed by atoms with Gasteiger partial charge in [0.2, 0.25) is 5.91 Å². The van der Waals surface area contributed by atoms with Crippen molar-refractivity contribution >= 4 is 22.9 Å². The fraction of sp³-hybridized carbons (Fsp3) is 0.517. The molecule has 2 amide bonds. The molecule has 1 saturated carbocycles. The predicted octanol–water partition coefficient (Wildman–Crippen LogP) is 5.59. The first-order chi connectivity index (χ1) is 17.4. The van der Waals surface area contributed by atoms with Gasteiger partial charge in [0.25, 0.3) is 5.91 Å². The minimum atomic E-state index is -1.04. The van der Waals surface area contributed by atoms with Gasteiger partial charge in [0.1, 0.15) is 22.7 Å². The average molecular weight is 492 g/mol. The van der Waals surface area contributed by atoms with E-state index in [1.807, 2.05) is 61.7 Å². The molecule has 1 aromatic carbocycles. The van der Waals surface area contributed by atoms with Crippen LogP contribution in [0.3, 0.4) is 0 Å². The van der Waals surface area contributed by atoms with Crippen molar-refractivity contribution in [2.24, 2.45) is 0 Å². The summed E-state index contributed by atoms with van der Waals surface area (Å²) < 4.78 is 13.4. The van der Waals surface area contributed by atoms with E-state index in [-0.39, 0.29) is 17.9 Å². The van der Waals surface area contributed by atoms with Gasteiger partial charge in [-0.15, -0.1) is 0 Å². The molecular formula is C29H37N3O4. The third-order valence-corrected chi connectivity index (χ3v) is 7.74. The molecule has 0 unspecified atom stereocenters. The minimum absolute atomic E-state index is 0.0833. The number of carbonyl (C=O) groups excluding carboxylic acids is 2. The average Bonchev–Trinajstić information content (AvgIpc) is 3.36. The van der Waals surface area contributed by atoms with E-state index in [0.29, 0.717) is 31.0 Å². The number of rotatable bonds is 6. The summed E-state index contributed by atoms with van der Waals surface area (Å²) in [6.07, 6.45) is 7.97. The smallest absolute Gasteiger partial charge is 0.271 e. The summed E-state index contributed by atoms with van der Waals surface area (Å²) in [6.45, 7) is 7.07. The van der Waals surface area contributed by atoms with Gasteiger partial charge in [-0.1, -0.05) is 44.2 Å².